The molecule has 12 heavy (non-hydrogen) atoms. The number of aliphatic hydroxyl groups is 1. The summed E-state index contributed by atoms with van der Waals surface area (Å²) in [6.07, 6.45) is 6.54. The van der Waals surface area contributed by atoms with Crippen molar-refractivity contribution in [1.82, 2.24) is 0 Å². The van der Waals surface area contributed by atoms with Crippen molar-refractivity contribution in [2.75, 3.05) is 20.8 Å². The number of hydrogen-bond acceptors (Lipinski definition) is 3. The van der Waals surface area contributed by atoms with Gasteiger partial charge in [-0.25, -0.2) is 5.84 Å². The second-order valence-electron chi connectivity index (χ2n) is 2.26. The maximum absolute atomic E-state index is 8.82. The van der Waals surface area contributed by atoms with Gasteiger partial charge in [0.1, 0.15) is 0 Å². The first-order valence-electron chi connectivity index (χ1n) is 3.52. The van der Waals surface area contributed by atoms with E-state index in [2.05, 4.69) is 4.74 Å². The Labute approximate surface area is 72.2 Å². The molecule has 0 spiro atoms. The molecule has 0 aromatic heterocycles. The largest absolute Gasteiger partial charge is 0.504 e. The Kier molecular flexibility index (Phi) is 5.73. The fourth-order valence-corrected chi connectivity index (χ4v) is 0.640. The molecular weight excluding hydrogens is 156 g/mol. The highest BCUT2D eigenvalue weighted by atomic mass is 16.5. The van der Waals surface area contributed by atoms with Gasteiger partial charge in [0.05, 0.1) is 20.0 Å². The van der Waals surface area contributed by atoms with Gasteiger partial charge in [-0.3, -0.25) is 0 Å². The fourth-order valence-electron chi connectivity index (χ4n) is 0.640. The average molecular weight is 171 g/mol. The van der Waals surface area contributed by atoms with Gasteiger partial charge < -0.3 is 9.84 Å². The minimum absolute atomic E-state index is 0.0460. The predicted octanol–water partition coefficient (Wildman–Crippen LogP) is -0.348. The number of hydrazine groups is 1. The number of rotatable bonds is 4. The number of methoxy groups -OCH3 is 1. The number of ether oxygens (including phenoxy) is 1. The summed E-state index contributed by atoms with van der Waals surface area (Å²) < 4.78 is 6.05. The molecule has 0 bridgehead atoms. The summed E-state index contributed by atoms with van der Waals surface area (Å²) >= 11 is 0. The van der Waals surface area contributed by atoms with Gasteiger partial charge in [-0.2, -0.15) is 0 Å². The number of nitrogens with two attached hydrogens (primary N) is 1. The van der Waals surface area contributed by atoms with Crippen molar-refractivity contribution in [3.8, 4) is 0 Å². The third-order valence-electron chi connectivity index (χ3n) is 1.08. The summed E-state index contributed by atoms with van der Waals surface area (Å²) in [5.74, 6) is 5.34. The molecule has 0 saturated heterocycles. The summed E-state index contributed by atoms with van der Waals surface area (Å²) in [6, 6.07) is 0. The van der Waals surface area contributed by atoms with Crippen molar-refractivity contribution in [3.63, 3.8) is 0 Å². The molecule has 4 heteroatoms. The second kappa shape index (κ2) is 6.42. The van der Waals surface area contributed by atoms with E-state index in [0.717, 1.165) is 0 Å². The van der Waals surface area contributed by atoms with Gasteiger partial charge in [-0.05, 0) is 12.2 Å². The molecule has 0 radical (unpaired) electrons. The average Bonchev–Trinajstić information content (AvgIpc) is 2.02. The van der Waals surface area contributed by atoms with Gasteiger partial charge in [0.2, 0.25) is 0 Å². The molecule has 0 aromatic carbocycles. The zero-order valence-corrected chi connectivity index (χ0v) is 7.40. The summed E-state index contributed by atoms with van der Waals surface area (Å²) in [5, 5.41) is 8.82. The SMILES string of the molecule is CO/C=C/C=C(\C=[N+](/C)N)CO. The lowest BCUT2D eigenvalue weighted by atomic mass is 10.3. The Morgan fingerprint density at radius 3 is 2.75 bits per heavy atom. The lowest BCUT2D eigenvalue weighted by molar-refractivity contribution is -0.504. The number of aliphatic hydroxyl groups excluding tert-OH is 1. The van der Waals surface area contributed by atoms with E-state index in [0.29, 0.717) is 5.57 Å². The Bertz CT molecular complexity index is 203. The standard InChI is InChI=1S/C8H15N2O2/c1-10(9)6-8(7-11)4-3-5-12-2/h3-6,11H,7,9H2,1-2H3/q+1/b5-3+,8-4+,10-6+. The van der Waals surface area contributed by atoms with E-state index in [-0.39, 0.29) is 6.61 Å². The number of hydrogen-bond donors (Lipinski definition) is 2. The monoisotopic (exact) mass is 171 g/mol. The minimum Gasteiger partial charge on any atom is -0.504 e. The molecule has 0 atom stereocenters. The molecule has 0 aromatic rings. The first-order valence-corrected chi connectivity index (χ1v) is 3.52. The third kappa shape index (κ3) is 5.49. The molecule has 0 aliphatic heterocycles. The Morgan fingerprint density at radius 2 is 2.33 bits per heavy atom. The lowest BCUT2D eigenvalue weighted by Crippen LogP contribution is -2.16. The van der Waals surface area contributed by atoms with Gasteiger partial charge in [0.15, 0.2) is 13.3 Å². The van der Waals surface area contributed by atoms with Crippen molar-refractivity contribution >= 4 is 6.21 Å². The van der Waals surface area contributed by atoms with Crippen LogP contribution in [0.3, 0.4) is 0 Å². The third-order valence-corrected chi connectivity index (χ3v) is 1.08. The van der Waals surface area contributed by atoms with E-state index in [9.17, 15) is 0 Å². The molecule has 0 aliphatic rings. The molecule has 3 N–H and O–H groups in total. The summed E-state index contributed by atoms with van der Waals surface area (Å²) in [4.78, 5) is 0. The van der Waals surface area contributed by atoms with Crippen LogP contribution in [0.25, 0.3) is 0 Å². The van der Waals surface area contributed by atoms with Crippen LogP contribution in [0.4, 0.5) is 0 Å². The molecule has 0 amide bonds. The summed E-state index contributed by atoms with van der Waals surface area (Å²) in [5.41, 5.74) is 0.716. The van der Waals surface area contributed by atoms with E-state index in [1.54, 1.807) is 32.5 Å². The Hall–Kier alpha value is -1.29. The first-order chi connectivity index (χ1) is 5.70. The fraction of sp³-hybridized carbons (Fsp3) is 0.375. The van der Waals surface area contributed by atoms with Gasteiger partial charge >= 0.3 is 0 Å². The summed E-state index contributed by atoms with van der Waals surface area (Å²) in [7, 11) is 3.24. The van der Waals surface area contributed by atoms with Crippen LogP contribution in [-0.2, 0) is 4.74 Å². The van der Waals surface area contributed by atoms with E-state index >= 15 is 0 Å². The maximum Gasteiger partial charge on any atom is 0.198 e. The second-order valence-corrected chi connectivity index (χ2v) is 2.26. The van der Waals surface area contributed by atoms with Gasteiger partial charge in [-0.1, -0.05) is 0 Å². The van der Waals surface area contributed by atoms with Gasteiger partial charge in [0, 0.05) is 5.57 Å². The van der Waals surface area contributed by atoms with E-state index in [4.69, 9.17) is 10.9 Å². The minimum atomic E-state index is -0.0460. The normalized spacial score (nSPS) is 13.9. The lowest BCUT2D eigenvalue weighted by Gasteiger charge is -1.90. The van der Waals surface area contributed by atoms with Crippen LogP contribution in [0.5, 0.6) is 0 Å². The van der Waals surface area contributed by atoms with Gasteiger partial charge in [0.25, 0.3) is 0 Å². The molecule has 0 fully saturated rings. The smallest absolute Gasteiger partial charge is 0.198 e. The van der Waals surface area contributed by atoms with E-state index in [1.807, 2.05) is 0 Å². The van der Waals surface area contributed by atoms with Crippen LogP contribution < -0.4 is 5.84 Å². The number of hydrazone groups is 1. The van der Waals surface area contributed by atoms with Crippen molar-refractivity contribution < 1.29 is 14.5 Å². The zero-order chi connectivity index (χ0) is 9.40. The van der Waals surface area contributed by atoms with E-state index < -0.39 is 0 Å². The molecule has 0 unspecified atom stereocenters. The molecule has 0 rings (SSSR count). The van der Waals surface area contributed by atoms with Crippen LogP contribution in [0.1, 0.15) is 0 Å². The van der Waals surface area contributed by atoms with Crippen LogP contribution in [-0.4, -0.2) is 36.8 Å². The Morgan fingerprint density at radius 1 is 1.67 bits per heavy atom. The first kappa shape index (κ1) is 10.7. The van der Waals surface area contributed by atoms with Crippen LogP contribution in [0.15, 0.2) is 24.0 Å². The quantitative estimate of drug-likeness (QED) is 0.152. The van der Waals surface area contributed by atoms with E-state index in [1.165, 1.54) is 10.9 Å². The molecular formula is C8H15N2O2+. The van der Waals surface area contributed by atoms with Crippen LogP contribution in [0, 0.1) is 0 Å². The summed E-state index contributed by atoms with van der Waals surface area (Å²) in [6.45, 7) is -0.0460. The van der Waals surface area contributed by atoms with Crippen molar-refractivity contribution in [2.45, 2.75) is 0 Å². The number of nitrogens with zero attached hydrogens (tertiary/aromatic N) is 1. The van der Waals surface area contributed by atoms with Crippen molar-refractivity contribution in [2.24, 2.45) is 5.84 Å². The molecule has 0 heterocycles. The highest BCUT2D eigenvalue weighted by Crippen LogP contribution is 1.88. The highest BCUT2D eigenvalue weighted by Gasteiger charge is 1.93. The maximum atomic E-state index is 8.82. The predicted molar refractivity (Wildman–Crippen MR) is 47.8 cm³/mol. The molecule has 0 aliphatic carbocycles. The number of allylic oxidation sites excluding steroid dienone is 2. The molecule has 4 nitrogen and oxygen atoms in total. The van der Waals surface area contributed by atoms with Crippen molar-refractivity contribution in [3.05, 3.63) is 24.0 Å². The Balaban J connectivity index is 4.24. The molecule has 68 valence electrons. The highest BCUT2D eigenvalue weighted by molar-refractivity contribution is 5.74. The molecule has 0 saturated carbocycles. The zero-order valence-electron chi connectivity index (χ0n) is 7.40. The van der Waals surface area contributed by atoms with Crippen LogP contribution >= 0.6 is 0 Å². The van der Waals surface area contributed by atoms with Crippen LogP contribution in [0.2, 0.25) is 0 Å². The van der Waals surface area contributed by atoms with Crippen molar-refractivity contribution in [1.29, 1.82) is 0 Å². The topological polar surface area (TPSA) is 58.5 Å². The van der Waals surface area contributed by atoms with Gasteiger partial charge in [-0.15, -0.1) is 4.68 Å².